The number of hydrogen-bond donors (Lipinski definition) is 1. The highest BCUT2D eigenvalue weighted by molar-refractivity contribution is 5.64. The second-order valence-electron chi connectivity index (χ2n) is 4.22. The van der Waals surface area contributed by atoms with Gasteiger partial charge in [0.05, 0.1) is 12.5 Å². The van der Waals surface area contributed by atoms with Crippen molar-refractivity contribution in [1.29, 1.82) is 5.26 Å². The lowest BCUT2D eigenvalue weighted by molar-refractivity contribution is 0.174. The summed E-state index contributed by atoms with van der Waals surface area (Å²) in [5, 5.41) is 11.9. The summed E-state index contributed by atoms with van der Waals surface area (Å²) < 4.78 is 10.6. The van der Waals surface area contributed by atoms with Gasteiger partial charge in [0.2, 0.25) is 6.79 Å². The molecule has 94 valence electrons. The lowest BCUT2D eigenvalue weighted by atomic mass is 10.1. The Morgan fingerprint density at radius 1 is 1.00 bits per heavy atom. The van der Waals surface area contributed by atoms with Crippen LogP contribution < -0.4 is 14.8 Å². The van der Waals surface area contributed by atoms with Crippen molar-refractivity contribution in [2.24, 2.45) is 0 Å². The minimum absolute atomic E-state index is 0.279. The Bertz CT molecular complexity index is 630. The Morgan fingerprint density at radius 2 is 1.74 bits per heavy atom. The molecule has 4 nitrogen and oxygen atoms in total. The normalized spacial score (nSPS) is 11.9. The van der Waals surface area contributed by atoms with Crippen LogP contribution in [0, 0.1) is 11.3 Å². The van der Waals surface area contributed by atoms with E-state index < -0.39 is 0 Å². The first-order valence-electron chi connectivity index (χ1n) is 5.98. The molecular formula is C15H12N2O2. The molecule has 2 aromatic rings. The third kappa shape index (κ3) is 2.45. The van der Waals surface area contributed by atoms with E-state index in [9.17, 15) is 0 Å². The fourth-order valence-corrected chi connectivity index (χ4v) is 1.94. The quantitative estimate of drug-likeness (QED) is 0.911. The zero-order chi connectivity index (χ0) is 13.1. The summed E-state index contributed by atoms with van der Waals surface area (Å²) in [5.41, 5.74) is 2.93. The molecule has 3 rings (SSSR count). The zero-order valence-electron chi connectivity index (χ0n) is 10.2. The smallest absolute Gasteiger partial charge is 0.231 e. The summed E-state index contributed by atoms with van der Waals surface area (Å²) >= 11 is 0. The first-order valence-corrected chi connectivity index (χ1v) is 5.98. The van der Waals surface area contributed by atoms with Crippen LogP contribution in [-0.2, 0) is 6.42 Å². The largest absolute Gasteiger partial charge is 0.454 e. The Morgan fingerprint density at radius 3 is 2.53 bits per heavy atom. The van der Waals surface area contributed by atoms with E-state index in [2.05, 4.69) is 11.4 Å². The topological polar surface area (TPSA) is 54.3 Å². The molecule has 19 heavy (non-hydrogen) atoms. The number of fused-ring (bicyclic) bond motifs is 1. The van der Waals surface area contributed by atoms with Gasteiger partial charge in [-0.3, -0.25) is 0 Å². The molecule has 0 radical (unpaired) electrons. The van der Waals surface area contributed by atoms with Crippen LogP contribution in [0.2, 0.25) is 0 Å². The summed E-state index contributed by atoms with van der Waals surface area (Å²) in [5.74, 6) is 1.53. The highest BCUT2D eigenvalue weighted by Crippen LogP contribution is 2.35. The van der Waals surface area contributed by atoms with Crippen molar-refractivity contribution in [3.8, 4) is 17.6 Å². The minimum Gasteiger partial charge on any atom is -0.454 e. The van der Waals surface area contributed by atoms with E-state index in [4.69, 9.17) is 14.7 Å². The van der Waals surface area contributed by atoms with E-state index in [0.717, 1.165) is 28.4 Å². The summed E-state index contributed by atoms with van der Waals surface area (Å²) in [4.78, 5) is 0. The molecule has 0 spiro atoms. The molecule has 0 saturated carbocycles. The van der Waals surface area contributed by atoms with Crippen molar-refractivity contribution in [2.45, 2.75) is 6.42 Å². The van der Waals surface area contributed by atoms with Crippen LogP contribution in [0.5, 0.6) is 11.5 Å². The molecule has 0 aromatic heterocycles. The third-order valence-electron chi connectivity index (χ3n) is 2.90. The van der Waals surface area contributed by atoms with Crippen molar-refractivity contribution in [1.82, 2.24) is 0 Å². The van der Waals surface area contributed by atoms with Gasteiger partial charge >= 0.3 is 0 Å². The summed E-state index contributed by atoms with van der Waals surface area (Å²) in [6, 6.07) is 15.7. The number of nitrogens with one attached hydrogen (secondary N) is 1. The van der Waals surface area contributed by atoms with Crippen LogP contribution >= 0.6 is 0 Å². The van der Waals surface area contributed by atoms with Gasteiger partial charge in [0.25, 0.3) is 0 Å². The predicted molar refractivity (Wildman–Crippen MR) is 71.6 cm³/mol. The van der Waals surface area contributed by atoms with E-state index in [1.807, 2.05) is 42.5 Å². The van der Waals surface area contributed by atoms with E-state index in [1.165, 1.54) is 0 Å². The van der Waals surface area contributed by atoms with Gasteiger partial charge in [0, 0.05) is 17.4 Å². The molecule has 4 heteroatoms. The second-order valence-corrected chi connectivity index (χ2v) is 4.22. The van der Waals surface area contributed by atoms with Crippen molar-refractivity contribution < 1.29 is 9.47 Å². The van der Waals surface area contributed by atoms with E-state index >= 15 is 0 Å². The Kier molecular flexibility index (Phi) is 2.95. The number of nitriles is 1. The molecule has 1 N–H and O–H groups in total. The maximum absolute atomic E-state index is 8.62. The van der Waals surface area contributed by atoms with E-state index in [0.29, 0.717) is 6.42 Å². The standard InChI is InChI=1S/C15H12N2O2/c16-8-7-11-1-3-12(4-2-11)17-13-5-6-14-15(9-13)19-10-18-14/h1-6,9,17H,7,10H2. The maximum Gasteiger partial charge on any atom is 0.231 e. The summed E-state index contributed by atoms with van der Waals surface area (Å²) in [6.07, 6.45) is 0.435. The highest BCUT2D eigenvalue weighted by Gasteiger charge is 2.12. The fourth-order valence-electron chi connectivity index (χ4n) is 1.94. The first-order chi connectivity index (χ1) is 9.35. The highest BCUT2D eigenvalue weighted by atomic mass is 16.7. The number of hydrogen-bond acceptors (Lipinski definition) is 4. The molecule has 0 fully saturated rings. The molecule has 0 saturated heterocycles. The maximum atomic E-state index is 8.62. The molecule has 1 aliphatic rings. The van der Waals surface area contributed by atoms with Gasteiger partial charge in [-0.15, -0.1) is 0 Å². The lowest BCUT2D eigenvalue weighted by Gasteiger charge is -2.07. The minimum atomic E-state index is 0.279. The molecule has 0 atom stereocenters. The van der Waals surface area contributed by atoms with E-state index in [-0.39, 0.29) is 6.79 Å². The monoisotopic (exact) mass is 252 g/mol. The van der Waals surface area contributed by atoms with Crippen molar-refractivity contribution in [3.05, 3.63) is 48.0 Å². The molecule has 0 amide bonds. The summed E-state index contributed by atoms with van der Waals surface area (Å²) in [6.45, 7) is 0.279. The molecule has 0 unspecified atom stereocenters. The van der Waals surface area contributed by atoms with Gasteiger partial charge in [-0.05, 0) is 29.8 Å². The molecule has 2 aromatic carbocycles. The van der Waals surface area contributed by atoms with Crippen molar-refractivity contribution in [2.75, 3.05) is 12.1 Å². The molecule has 0 bridgehead atoms. The zero-order valence-corrected chi connectivity index (χ0v) is 10.2. The van der Waals surface area contributed by atoms with Crippen LogP contribution in [0.4, 0.5) is 11.4 Å². The average molecular weight is 252 g/mol. The molecule has 1 aliphatic heterocycles. The number of nitrogens with zero attached hydrogens (tertiary/aromatic N) is 1. The Labute approximate surface area is 111 Å². The van der Waals surface area contributed by atoms with Gasteiger partial charge in [-0.25, -0.2) is 0 Å². The first kappa shape index (κ1) is 11.4. The number of anilines is 2. The predicted octanol–water partition coefficient (Wildman–Crippen LogP) is 3.22. The van der Waals surface area contributed by atoms with Gasteiger partial charge in [-0.1, -0.05) is 12.1 Å². The lowest BCUT2D eigenvalue weighted by Crippen LogP contribution is -1.93. The van der Waals surface area contributed by atoms with E-state index in [1.54, 1.807) is 0 Å². The Balaban J connectivity index is 1.76. The van der Waals surface area contributed by atoms with Crippen LogP contribution in [0.25, 0.3) is 0 Å². The van der Waals surface area contributed by atoms with Gasteiger partial charge in [-0.2, -0.15) is 5.26 Å². The number of ether oxygens (including phenoxy) is 2. The molecule has 1 heterocycles. The van der Waals surface area contributed by atoms with Gasteiger partial charge < -0.3 is 14.8 Å². The van der Waals surface area contributed by atoms with Gasteiger partial charge in [0.1, 0.15) is 0 Å². The molecular weight excluding hydrogens is 240 g/mol. The number of rotatable bonds is 3. The number of benzene rings is 2. The third-order valence-corrected chi connectivity index (χ3v) is 2.90. The fraction of sp³-hybridized carbons (Fsp3) is 0.133. The van der Waals surface area contributed by atoms with Crippen LogP contribution in [-0.4, -0.2) is 6.79 Å². The Hall–Kier alpha value is -2.67. The van der Waals surface area contributed by atoms with Crippen LogP contribution in [0.3, 0.4) is 0 Å². The second kappa shape index (κ2) is 4.91. The van der Waals surface area contributed by atoms with Gasteiger partial charge in [0.15, 0.2) is 11.5 Å². The summed E-state index contributed by atoms with van der Waals surface area (Å²) in [7, 11) is 0. The average Bonchev–Trinajstić information content (AvgIpc) is 2.89. The van der Waals surface area contributed by atoms with Crippen molar-refractivity contribution >= 4 is 11.4 Å². The van der Waals surface area contributed by atoms with Crippen molar-refractivity contribution in [3.63, 3.8) is 0 Å². The van der Waals surface area contributed by atoms with Crippen LogP contribution in [0.15, 0.2) is 42.5 Å². The molecule has 0 aliphatic carbocycles. The SMILES string of the molecule is N#CCc1ccc(Nc2ccc3c(c2)OCO3)cc1. The van der Waals surface area contributed by atoms with Crippen LogP contribution in [0.1, 0.15) is 5.56 Å².